The van der Waals surface area contributed by atoms with Gasteiger partial charge in [0.05, 0.1) is 18.2 Å². The minimum absolute atomic E-state index is 0.299. The van der Waals surface area contributed by atoms with Crippen LogP contribution < -0.4 is 5.32 Å². The number of pyridine rings is 1. The number of nitrogens with one attached hydrogen (secondary N) is 1. The van der Waals surface area contributed by atoms with Gasteiger partial charge in [-0.05, 0) is 31.5 Å². The fourth-order valence-electron chi connectivity index (χ4n) is 2.42. The highest BCUT2D eigenvalue weighted by Gasteiger charge is 2.22. The molecule has 3 aromatic rings. The smallest absolute Gasteiger partial charge is 0.341 e. The van der Waals surface area contributed by atoms with Crippen LogP contribution in [-0.4, -0.2) is 24.0 Å². The molecule has 1 amide bonds. The number of carbonyl (C=O) groups is 2. The summed E-state index contributed by atoms with van der Waals surface area (Å²) in [6, 6.07) is 11.1. The molecular weight excluding hydrogens is 324 g/mol. The van der Waals surface area contributed by atoms with Crippen molar-refractivity contribution in [1.29, 1.82) is 0 Å². The molecule has 0 bridgehead atoms. The first-order chi connectivity index (χ1) is 11.5. The van der Waals surface area contributed by atoms with Gasteiger partial charge >= 0.3 is 5.97 Å². The van der Waals surface area contributed by atoms with Gasteiger partial charge in [0, 0.05) is 10.3 Å². The second kappa shape index (κ2) is 6.41. The predicted molar refractivity (Wildman–Crippen MR) is 94.8 cm³/mol. The second-order valence-electron chi connectivity index (χ2n) is 5.32. The number of nitrogens with zero attached hydrogens (tertiary/aromatic N) is 1. The maximum atomic E-state index is 12.5. The van der Waals surface area contributed by atoms with E-state index in [4.69, 9.17) is 4.74 Å². The molecule has 122 valence electrons. The molecule has 0 atom stereocenters. The lowest BCUT2D eigenvalue weighted by atomic mass is 10.1. The van der Waals surface area contributed by atoms with Crippen LogP contribution in [0.15, 0.2) is 36.4 Å². The quantitative estimate of drug-likeness (QED) is 0.733. The molecule has 0 spiro atoms. The molecule has 0 saturated carbocycles. The van der Waals surface area contributed by atoms with Gasteiger partial charge in [0.25, 0.3) is 5.91 Å². The van der Waals surface area contributed by atoms with Crippen molar-refractivity contribution in [3.05, 3.63) is 58.1 Å². The van der Waals surface area contributed by atoms with Crippen molar-refractivity contribution in [3.8, 4) is 0 Å². The number of benzene rings is 1. The molecule has 0 aliphatic heterocycles. The monoisotopic (exact) mass is 340 g/mol. The van der Waals surface area contributed by atoms with Crippen molar-refractivity contribution in [3.63, 3.8) is 0 Å². The van der Waals surface area contributed by atoms with Gasteiger partial charge in [0.2, 0.25) is 0 Å². The molecule has 0 radical (unpaired) electrons. The number of aryl methyl sites for hydroxylation is 1. The maximum absolute atomic E-state index is 12.5. The number of fused-ring (bicyclic) bond motifs is 1. The number of thiophene rings is 1. The van der Waals surface area contributed by atoms with Crippen LogP contribution >= 0.6 is 11.3 Å². The zero-order valence-electron chi connectivity index (χ0n) is 13.5. The van der Waals surface area contributed by atoms with E-state index in [1.54, 1.807) is 6.07 Å². The van der Waals surface area contributed by atoms with Crippen molar-refractivity contribution < 1.29 is 14.3 Å². The first-order valence-corrected chi connectivity index (χ1v) is 8.18. The zero-order chi connectivity index (χ0) is 17.3. The van der Waals surface area contributed by atoms with Gasteiger partial charge < -0.3 is 10.1 Å². The first-order valence-electron chi connectivity index (χ1n) is 7.36. The largest absolute Gasteiger partial charge is 0.465 e. The SMILES string of the molecule is COC(=O)c1c(NC(=O)c2ccc3ccccc3n2)sc(C)c1C. The van der Waals surface area contributed by atoms with Gasteiger partial charge in [0.15, 0.2) is 0 Å². The lowest BCUT2D eigenvalue weighted by Gasteiger charge is -2.06. The summed E-state index contributed by atoms with van der Waals surface area (Å²) in [6.45, 7) is 3.73. The molecule has 1 aromatic carbocycles. The van der Waals surface area contributed by atoms with Crippen LogP contribution in [0.1, 0.15) is 31.3 Å². The zero-order valence-corrected chi connectivity index (χ0v) is 14.4. The van der Waals surface area contributed by atoms with Gasteiger partial charge in [-0.15, -0.1) is 11.3 Å². The van der Waals surface area contributed by atoms with E-state index in [-0.39, 0.29) is 5.91 Å². The molecule has 0 aliphatic rings. The standard InChI is InChI=1S/C18H16N2O3S/c1-10-11(2)24-17(15(10)18(22)23-3)20-16(21)14-9-8-12-6-4-5-7-13(12)19-14/h4-9H,1-3H3,(H,20,21). The average Bonchev–Trinajstić information content (AvgIpc) is 2.87. The van der Waals surface area contributed by atoms with Crippen molar-refractivity contribution in [2.24, 2.45) is 0 Å². The summed E-state index contributed by atoms with van der Waals surface area (Å²) in [4.78, 5) is 29.8. The summed E-state index contributed by atoms with van der Waals surface area (Å²) >= 11 is 1.35. The van der Waals surface area contributed by atoms with Crippen LogP contribution in [0.2, 0.25) is 0 Å². The number of aromatic nitrogens is 1. The van der Waals surface area contributed by atoms with E-state index in [1.807, 2.05) is 44.2 Å². The normalized spacial score (nSPS) is 10.6. The van der Waals surface area contributed by atoms with E-state index < -0.39 is 5.97 Å². The number of hydrogen-bond donors (Lipinski definition) is 1. The molecule has 5 nitrogen and oxygen atoms in total. The third-order valence-electron chi connectivity index (χ3n) is 3.83. The Bertz CT molecular complexity index is 947. The summed E-state index contributed by atoms with van der Waals surface area (Å²) in [5.41, 5.74) is 2.26. The number of carbonyl (C=O) groups excluding carboxylic acids is 2. The molecule has 2 heterocycles. The second-order valence-corrected chi connectivity index (χ2v) is 6.55. The highest BCUT2D eigenvalue weighted by Crippen LogP contribution is 2.33. The lowest BCUT2D eigenvalue weighted by molar-refractivity contribution is 0.0601. The van der Waals surface area contributed by atoms with Gasteiger partial charge in [0.1, 0.15) is 10.7 Å². The van der Waals surface area contributed by atoms with E-state index in [0.29, 0.717) is 16.3 Å². The Kier molecular flexibility index (Phi) is 4.31. The third kappa shape index (κ3) is 2.88. The van der Waals surface area contributed by atoms with Gasteiger partial charge in [-0.2, -0.15) is 0 Å². The number of anilines is 1. The summed E-state index contributed by atoms with van der Waals surface area (Å²) in [7, 11) is 1.32. The van der Waals surface area contributed by atoms with E-state index >= 15 is 0 Å². The number of ether oxygens (including phenoxy) is 1. The molecule has 0 saturated heterocycles. The average molecular weight is 340 g/mol. The van der Waals surface area contributed by atoms with Crippen molar-refractivity contribution in [1.82, 2.24) is 4.98 Å². The van der Waals surface area contributed by atoms with Crippen LogP contribution in [0.25, 0.3) is 10.9 Å². The summed E-state index contributed by atoms with van der Waals surface area (Å²) in [5.74, 6) is -0.814. The van der Waals surface area contributed by atoms with E-state index in [9.17, 15) is 9.59 Å². The van der Waals surface area contributed by atoms with Crippen LogP contribution in [0, 0.1) is 13.8 Å². The van der Waals surface area contributed by atoms with Crippen LogP contribution in [0.4, 0.5) is 5.00 Å². The third-order valence-corrected chi connectivity index (χ3v) is 4.96. The minimum atomic E-state index is -0.460. The summed E-state index contributed by atoms with van der Waals surface area (Å²) in [5, 5.41) is 4.23. The fraction of sp³-hybridized carbons (Fsp3) is 0.167. The number of esters is 1. The molecule has 0 fully saturated rings. The van der Waals surface area contributed by atoms with Gasteiger partial charge in [-0.1, -0.05) is 24.3 Å². The Labute approximate surface area is 143 Å². The van der Waals surface area contributed by atoms with Crippen LogP contribution in [0.3, 0.4) is 0 Å². The van der Waals surface area contributed by atoms with Crippen LogP contribution in [0.5, 0.6) is 0 Å². The Morgan fingerprint density at radius 3 is 2.62 bits per heavy atom. The molecule has 24 heavy (non-hydrogen) atoms. The Morgan fingerprint density at radius 1 is 1.12 bits per heavy atom. The number of methoxy groups -OCH3 is 1. The fourth-order valence-corrected chi connectivity index (χ4v) is 3.47. The topological polar surface area (TPSA) is 68.3 Å². The Hall–Kier alpha value is -2.73. The molecule has 0 unspecified atom stereocenters. The lowest BCUT2D eigenvalue weighted by Crippen LogP contribution is -2.15. The number of para-hydroxylation sites is 1. The van der Waals surface area contributed by atoms with E-state index in [0.717, 1.165) is 21.3 Å². The van der Waals surface area contributed by atoms with Crippen molar-refractivity contribution in [2.75, 3.05) is 12.4 Å². The molecule has 0 aliphatic carbocycles. The predicted octanol–water partition coefficient (Wildman–Crippen LogP) is 3.95. The highest BCUT2D eigenvalue weighted by molar-refractivity contribution is 7.16. The molecule has 2 aromatic heterocycles. The Balaban J connectivity index is 1.94. The Morgan fingerprint density at radius 2 is 1.88 bits per heavy atom. The van der Waals surface area contributed by atoms with Gasteiger partial charge in [-0.25, -0.2) is 9.78 Å². The summed E-state index contributed by atoms with van der Waals surface area (Å²) < 4.78 is 4.82. The summed E-state index contributed by atoms with van der Waals surface area (Å²) in [6.07, 6.45) is 0. The first kappa shape index (κ1) is 16.1. The minimum Gasteiger partial charge on any atom is -0.465 e. The van der Waals surface area contributed by atoms with Crippen LogP contribution in [-0.2, 0) is 4.74 Å². The van der Waals surface area contributed by atoms with Crippen molar-refractivity contribution in [2.45, 2.75) is 13.8 Å². The van der Waals surface area contributed by atoms with Gasteiger partial charge in [-0.3, -0.25) is 4.79 Å². The van der Waals surface area contributed by atoms with Crippen molar-refractivity contribution >= 4 is 39.1 Å². The highest BCUT2D eigenvalue weighted by atomic mass is 32.1. The molecule has 1 N–H and O–H groups in total. The van der Waals surface area contributed by atoms with E-state index in [2.05, 4.69) is 10.3 Å². The molecule has 6 heteroatoms. The number of hydrogen-bond acceptors (Lipinski definition) is 5. The number of amides is 1. The molecular formula is C18H16N2O3S. The molecule has 3 rings (SSSR count). The van der Waals surface area contributed by atoms with E-state index in [1.165, 1.54) is 18.4 Å². The number of rotatable bonds is 3. The maximum Gasteiger partial charge on any atom is 0.341 e.